The van der Waals surface area contributed by atoms with Crippen molar-refractivity contribution in [3.63, 3.8) is 0 Å². The van der Waals surface area contributed by atoms with Crippen LogP contribution < -0.4 is 5.32 Å². The van der Waals surface area contributed by atoms with Gasteiger partial charge in [-0.15, -0.1) is 11.8 Å². The van der Waals surface area contributed by atoms with Gasteiger partial charge in [-0.3, -0.25) is 9.59 Å². The highest BCUT2D eigenvalue weighted by molar-refractivity contribution is 8.00. The minimum Gasteiger partial charge on any atom is -0.349 e. The fourth-order valence-corrected chi connectivity index (χ4v) is 5.14. The molecule has 146 valence electrons. The molecule has 0 spiro atoms. The molecule has 1 heterocycles. The second-order valence-electron chi connectivity index (χ2n) is 7.39. The molecule has 0 radical (unpaired) electrons. The van der Waals surface area contributed by atoms with Crippen LogP contribution in [0.25, 0.3) is 0 Å². The summed E-state index contributed by atoms with van der Waals surface area (Å²) in [4.78, 5) is 26.7. The fourth-order valence-electron chi connectivity index (χ4n) is 3.83. The molecule has 1 saturated carbocycles. The Bertz CT molecular complexity index is 848. The van der Waals surface area contributed by atoms with Gasteiger partial charge in [-0.25, -0.2) is 0 Å². The summed E-state index contributed by atoms with van der Waals surface area (Å²) in [5, 5.41) is 3.77. The summed E-state index contributed by atoms with van der Waals surface area (Å²) in [6.07, 6.45) is 4.54. The minimum absolute atomic E-state index is 0.00776. The first-order valence-electron chi connectivity index (χ1n) is 9.66. The standard InChI is InChI=1S/C22H23ClN2O2S/c23-18-11-5-15(6-12-18)13-25-20(26)14-28-22(25)17-9-7-16(8-10-17)21(27)24-19-3-1-2-4-19/h5-12,19,22H,1-4,13-14H2,(H,24,27)/t22-/m1/s1. The molecule has 1 aliphatic heterocycles. The molecule has 1 aliphatic carbocycles. The van der Waals surface area contributed by atoms with Crippen molar-refractivity contribution in [2.75, 3.05) is 5.75 Å². The summed E-state index contributed by atoms with van der Waals surface area (Å²) >= 11 is 7.58. The number of halogens is 1. The van der Waals surface area contributed by atoms with Crippen molar-refractivity contribution in [3.8, 4) is 0 Å². The lowest BCUT2D eigenvalue weighted by Gasteiger charge is -2.24. The number of amides is 2. The zero-order chi connectivity index (χ0) is 19.5. The molecular weight excluding hydrogens is 392 g/mol. The van der Waals surface area contributed by atoms with Crippen molar-refractivity contribution in [2.24, 2.45) is 0 Å². The van der Waals surface area contributed by atoms with Gasteiger partial charge >= 0.3 is 0 Å². The smallest absolute Gasteiger partial charge is 0.251 e. The van der Waals surface area contributed by atoms with E-state index in [1.54, 1.807) is 11.8 Å². The molecule has 1 N–H and O–H groups in total. The van der Waals surface area contributed by atoms with E-state index >= 15 is 0 Å². The SMILES string of the molecule is O=C(NC1CCCC1)c1ccc([C@H]2SCC(=O)N2Cc2ccc(Cl)cc2)cc1. The Hall–Kier alpha value is -1.98. The van der Waals surface area contributed by atoms with Gasteiger partial charge in [0.2, 0.25) is 5.91 Å². The van der Waals surface area contributed by atoms with E-state index in [4.69, 9.17) is 11.6 Å². The zero-order valence-corrected chi connectivity index (χ0v) is 17.1. The first-order valence-corrected chi connectivity index (χ1v) is 11.1. The van der Waals surface area contributed by atoms with Crippen molar-refractivity contribution in [2.45, 2.75) is 43.6 Å². The molecule has 0 aromatic heterocycles. The van der Waals surface area contributed by atoms with Crippen LogP contribution in [0, 0.1) is 0 Å². The Balaban J connectivity index is 1.45. The van der Waals surface area contributed by atoms with Gasteiger partial charge in [0.1, 0.15) is 5.37 Å². The molecule has 0 unspecified atom stereocenters. The van der Waals surface area contributed by atoms with Gasteiger partial charge in [0.15, 0.2) is 0 Å². The second-order valence-corrected chi connectivity index (χ2v) is 8.89. The fraction of sp³-hybridized carbons (Fsp3) is 0.364. The third kappa shape index (κ3) is 4.36. The highest BCUT2D eigenvalue weighted by atomic mass is 35.5. The lowest BCUT2D eigenvalue weighted by Crippen LogP contribution is -2.32. The molecule has 2 aromatic carbocycles. The summed E-state index contributed by atoms with van der Waals surface area (Å²) in [5.41, 5.74) is 2.77. The monoisotopic (exact) mass is 414 g/mol. The average Bonchev–Trinajstić information content (AvgIpc) is 3.34. The summed E-state index contributed by atoms with van der Waals surface area (Å²) in [6, 6.07) is 15.6. The molecule has 0 bridgehead atoms. The molecule has 2 amide bonds. The molecule has 1 atom stereocenters. The molecular formula is C22H23ClN2O2S. The lowest BCUT2D eigenvalue weighted by atomic mass is 10.1. The van der Waals surface area contributed by atoms with Crippen molar-refractivity contribution < 1.29 is 9.59 Å². The van der Waals surface area contributed by atoms with E-state index in [2.05, 4.69) is 5.32 Å². The van der Waals surface area contributed by atoms with E-state index in [9.17, 15) is 9.59 Å². The van der Waals surface area contributed by atoms with Crippen LogP contribution in [0.5, 0.6) is 0 Å². The molecule has 2 aliphatic rings. The van der Waals surface area contributed by atoms with Gasteiger partial charge in [0, 0.05) is 23.2 Å². The maximum atomic E-state index is 12.4. The van der Waals surface area contributed by atoms with E-state index in [0.29, 0.717) is 28.9 Å². The van der Waals surface area contributed by atoms with Gasteiger partial charge in [-0.1, -0.05) is 48.7 Å². The van der Waals surface area contributed by atoms with Gasteiger partial charge in [0.05, 0.1) is 5.75 Å². The number of nitrogens with one attached hydrogen (secondary N) is 1. The zero-order valence-electron chi connectivity index (χ0n) is 15.6. The van der Waals surface area contributed by atoms with E-state index in [1.165, 1.54) is 12.8 Å². The second kappa shape index (κ2) is 8.58. The molecule has 28 heavy (non-hydrogen) atoms. The Morgan fingerprint density at radius 1 is 1.07 bits per heavy atom. The molecule has 6 heteroatoms. The summed E-state index contributed by atoms with van der Waals surface area (Å²) < 4.78 is 0. The van der Waals surface area contributed by atoms with Crippen LogP contribution in [0.15, 0.2) is 48.5 Å². The van der Waals surface area contributed by atoms with Crippen LogP contribution in [0.4, 0.5) is 0 Å². The van der Waals surface area contributed by atoms with E-state index in [0.717, 1.165) is 24.0 Å². The van der Waals surface area contributed by atoms with E-state index in [-0.39, 0.29) is 17.2 Å². The number of hydrogen-bond donors (Lipinski definition) is 1. The predicted molar refractivity (Wildman–Crippen MR) is 113 cm³/mol. The number of nitrogens with zero attached hydrogens (tertiary/aromatic N) is 1. The van der Waals surface area contributed by atoms with Gasteiger partial charge in [-0.05, 0) is 48.2 Å². The third-order valence-corrected chi connectivity index (χ3v) is 6.89. The number of thioether (sulfide) groups is 1. The van der Waals surface area contributed by atoms with Gasteiger partial charge < -0.3 is 10.2 Å². The van der Waals surface area contributed by atoms with Crippen LogP contribution in [0.1, 0.15) is 52.5 Å². The largest absolute Gasteiger partial charge is 0.349 e. The Morgan fingerprint density at radius 3 is 2.43 bits per heavy atom. The highest BCUT2D eigenvalue weighted by Crippen LogP contribution is 2.39. The van der Waals surface area contributed by atoms with E-state index < -0.39 is 0 Å². The normalized spacial score (nSPS) is 20.0. The molecule has 2 aromatic rings. The Labute approximate surface area is 174 Å². The maximum Gasteiger partial charge on any atom is 0.251 e. The Morgan fingerprint density at radius 2 is 1.75 bits per heavy atom. The number of rotatable bonds is 5. The van der Waals surface area contributed by atoms with Crippen LogP contribution >= 0.6 is 23.4 Å². The summed E-state index contributed by atoms with van der Waals surface area (Å²) in [6.45, 7) is 0.553. The van der Waals surface area contributed by atoms with Crippen molar-refractivity contribution in [1.29, 1.82) is 0 Å². The molecule has 4 rings (SSSR count). The first-order chi connectivity index (χ1) is 13.6. The molecule has 4 nitrogen and oxygen atoms in total. The van der Waals surface area contributed by atoms with Gasteiger partial charge in [-0.2, -0.15) is 0 Å². The van der Waals surface area contributed by atoms with Crippen molar-refractivity contribution in [1.82, 2.24) is 10.2 Å². The van der Waals surface area contributed by atoms with E-state index in [1.807, 2.05) is 53.4 Å². The summed E-state index contributed by atoms with van der Waals surface area (Å²) in [5.74, 6) is 0.599. The minimum atomic E-state index is -0.0323. The number of carbonyl (C=O) groups is 2. The number of carbonyl (C=O) groups excluding carboxylic acids is 2. The lowest BCUT2D eigenvalue weighted by molar-refractivity contribution is -0.128. The molecule has 2 fully saturated rings. The Kier molecular flexibility index (Phi) is 5.93. The van der Waals surface area contributed by atoms with Crippen LogP contribution in [0.3, 0.4) is 0 Å². The van der Waals surface area contributed by atoms with Crippen molar-refractivity contribution in [3.05, 3.63) is 70.2 Å². The van der Waals surface area contributed by atoms with Crippen LogP contribution in [-0.2, 0) is 11.3 Å². The molecule has 1 saturated heterocycles. The highest BCUT2D eigenvalue weighted by Gasteiger charge is 2.32. The van der Waals surface area contributed by atoms with Gasteiger partial charge in [0.25, 0.3) is 5.91 Å². The quantitative estimate of drug-likeness (QED) is 0.765. The van der Waals surface area contributed by atoms with Crippen LogP contribution in [-0.4, -0.2) is 28.5 Å². The topological polar surface area (TPSA) is 49.4 Å². The first kappa shape index (κ1) is 19.3. The average molecular weight is 415 g/mol. The van der Waals surface area contributed by atoms with Crippen molar-refractivity contribution >= 4 is 35.2 Å². The number of benzene rings is 2. The maximum absolute atomic E-state index is 12.4. The predicted octanol–water partition coefficient (Wildman–Crippen LogP) is 4.79. The number of hydrogen-bond acceptors (Lipinski definition) is 3. The van der Waals surface area contributed by atoms with Crippen LogP contribution in [0.2, 0.25) is 5.02 Å². The third-order valence-electron chi connectivity index (χ3n) is 5.38. The summed E-state index contributed by atoms with van der Waals surface area (Å²) in [7, 11) is 0.